The molecule has 24 heavy (non-hydrogen) atoms. The van der Waals surface area contributed by atoms with Crippen molar-refractivity contribution in [3.05, 3.63) is 29.0 Å². The van der Waals surface area contributed by atoms with Crippen molar-refractivity contribution in [1.82, 2.24) is 10.2 Å². The van der Waals surface area contributed by atoms with Crippen molar-refractivity contribution in [3.8, 4) is 0 Å². The number of halogens is 2. The quantitative estimate of drug-likeness (QED) is 0.508. The molecule has 1 heterocycles. The molecule has 0 bridgehead atoms. The maximum atomic E-state index is 13.1. The Bertz CT molecular complexity index is 698. The van der Waals surface area contributed by atoms with Gasteiger partial charge in [0.15, 0.2) is 4.34 Å². The van der Waals surface area contributed by atoms with Crippen molar-refractivity contribution < 1.29 is 9.18 Å². The maximum Gasteiger partial charge on any atom is 0.237 e. The molecule has 1 aromatic carbocycles. The SMILES string of the molecule is CCCCNc1nnc(S[C@H](C)C(=O)Nc2ccc(F)c(Cl)c2)s1. The van der Waals surface area contributed by atoms with Gasteiger partial charge in [-0.25, -0.2) is 4.39 Å². The van der Waals surface area contributed by atoms with Gasteiger partial charge in [0.1, 0.15) is 5.82 Å². The zero-order chi connectivity index (χ0) is 17.5. The normalized spacial score (nSPS) is 12.0. The molecule has 5 nitrogen and oxygen atoms in total. The third kappa shape index (κ3) is 5.61. The lowest BCUT2D eigenvalue weighted by Crippen LogP contribution is -2.22. The van der Waals surface area contributed by atoms with Crippen LogP contribution in [-0.4, -0.2) is 27.9 Å². The third-order valence-electron chi connectivity index (χ3n) is 3.05. The van der Waals surface area contributed by atoms with Crippen LogP contribution in [0.5, 0.6) is 0 Å². The Kier molecular flexibility index (Phi) is 7.26. The number of amides is 1. The molecular formula is C15H18ClFN4OS2. The number of carbonyl (C=O) groups excluding carboxylic acids is 1. The second kappa shape index (κ2) is 9.19. The van der Waals surface area contributed by atoms with Crippen LogP contribution in [0.15, 0.2) is 22.5 Å². The van der Waals surface area contributed by atoms with E-state index in [0.717, 1.165) is 24.5 Å². The molecule has 0 aliphatic heterocycles. The lowest BCUT2D eigenvalue weighted by Gasteiger charge is -2.10. The number of hydrogen-bond acceptors (Lipinski definition) is 6. The molecular weight excluding hydrogens is 371 g/mol. The Hall–Kier alpha value is -1.38. The van der Waals surface area contributed by atoms with Gasteiger partial charge in [-0.2, -0.15) is 0 Å². The number of nitrogens with zero attached hydrogens (tertiary/aromatic N) is 2. The highest BCUT2D eigenvalue weighted by atomic mass is 35.5. The molecule has 2 rings (SSSR count). The fraction of sp³-hybridized carbons (Fsp3) is 0.400. The van der Waals surface area contributed by atoms with Crippen LogP contribution in [0.1, 0.15) is 26.7 Å². The molecule has 1 atom stereocenters. The standard InChI is InChI=1S/C15H18ClFN4OS2/c1-3-4-7-18-14-20-21-15(24-14)23-9(2)13(22)19-10-5-6-12(17)11(16)8-10/h5-6,8-9H,3-4,7H2,1-2H3,(H,18,20)(H,19,22)/t9-/m1/s1. The summed E-state index contributed by atoms with van der Waals surface area (Å²) in [5, 5.41) is 14.4. The molecule has 9 heteroatoms. The van der Waals surface area contributed by atoms with Gasteiger partial charge < -0.3 is 10.6 Å². The van der Waals surface area contributed by atoms with E-state index in [-0.39, 0.29) is 16.2 Å². The maximum absolute atomic E-state index is 13.1. The van der Waals surface area contributed by atoms with Crippen LogP contribution in [0.2, 0.25) is 5.02 Å². The average Bonchev–Trinajstić information content (AvgIpc) is 2.98. The molecule has 0 radical (unpaired) electrons. The molecule has 0 spiro atoms. The highest BCUT2D eigenvalue weighted by Gasteiger charge is 2.17. The number of unbranched alkanes of at least 4 members (excludes halogenated alkanes) is 1. The summed E-state index contributed by atoms with van der Waals surface area (Å²) in [6.45, 7) is 4.76. The average molecular weight is 389 g/mol. The van der Waals surface area contributed by atoms with E-state index < -0.39 is 5.82 Å². The van der Waals surface area contributed by atoms with Crippen molar-refractivity contribution >= 4 is 51.4 Å². The molecule has 0 saturated heterocycles. The first-order chi connectivity index (χ1) is 11.5. The van der Waals surface area contributed by atoms with Gasteiger partial charge in [0.2, 0.25) is 11.0 Å². The Morgan fingerprint density at radius 3 is 2.96 bits per heavy atom. The van der Waals surface area contributed by atoms with Crippen molar-refractivity contribution in [3.63, 3.8) is 0 Å². The summed E-state index contributed by atoms with van der Waals surface area (Å²) < 4.78 is 13.8. The zero-order valence-corrected chi connectivity index (χ0v) is 15.7. The summed E-state index contributed by atoms with van der Waals surface area (Å²) in [7, 11) is 0. The Morgan fingerprint density at radius 1 is 1.46 bits per heavy atom. The molecule has 0 saturated carbocycles. The van der Waals surface area contributed by atoms with E-state index in [1.165, 1.54) is 41.3 Å². The molecule has 0 fully saturated rings. The van der Waals surface area contributed by atoms with E-state index in [0.29, 0.717) is 10.0 Å². The minimum Gasteiger partial charge on any atom is -0.360 e. The first-order valence-corrected chi connectivity index (χ1v) is 9.57. The van der Waals surface area contributed by atoms with Crippen molar-refractivity contribution in [2.24, 2.45) is 0 Å². The minimum absolute atomic E-state index is 0.0278. The summed E-state index contributed by atoms with van der Waals surface area (Å²) in [5.74, 6) is -0.729. The summed E-state index contributed by atoms with van der Waals surface area (Å²) in [4.78, 5) is 12.2. The van der Waals surface area contributed by atoms with Crippen LogP contribution in [0.3, 0.4) is 0 Å². The highest BCUT2D eigenvalue weighted by molar-refractivity contribution is 8.02. The number of benzene rings is 1. The van der Waals surface area contributed by atoms with Gasteiger partial charge in [0.25, 0.3) is 0 Å². The molecule has 1 aromatic heterocycles. The minimum atomic E-state index is -0.519. The Morgan fingerprint density at radius 2 is 2.25 bits per heavy atom. The van der Waals surface area contributed by atoms with E-state index in [1.807, 2.05) is 0 Å². The lowest BCUT2D eigenvalue weighted by atomic mass is 10.3. The highest BCUT2D eigenvalue weighted by Crippen LogP contribution is 2.29. The van der Waals surface area contributed by atoms with Gasteiger partial charge in [-0.3, -0.25) is 4.79 Å². The van der Waals surface area contributed by atoms with Crippen LogP contribution in [0, 0.1) is 5.82 Å². The second-order valence-corrected chi connectivity index (χ2v) is 8.00. The van der Waals surface area contributed by atoms with Gasteiger partial charge in [0, 0.05) is 12.2 Å². The number of rotatable bonds is 8. The van der Waals surface area contributed by atoms with Crippen LogP contribution < -0.4 is 10.6 Å². The molecule has 1 amide bonds. The summed E-state index contributed by atoms with van der Waals surface area (Å²) in [5.41, 5.74) is 0.457. The zero-order valence-electron chi connectivity index (χ0n) is 13.3. The van der Waals surface area contributed by atoms with Crippen LogP contribution in [-0.2, 0) is 4.79 Å². The number of anilines is 2. The number of nitrogens with one attached hydrogen (secondary N) is 2. The monoisotopic (exact) mass is 388 g/mol. The molecule has 0 aliphatic carbocycles. The van der Waals surface area contributed by atoms with E-state index in [4.69, 9.17) is 11.6 Å². The predicted molar refractivity (Wildman–Crippen MR) is 98.7 cm³/mol. The van der Waals surface area contributed by atoms with Crippen molar-refractivity contribution in [2.45, 2.75) is 36.3 Å². The lowest BCUT2D eigenvalue weighted by molar-refractivity contribution is -0.115. The molecule has 2 N–H and O–H groups in total. The van der Waals surface area contributed by atoms with E-state index in [9.17, 15) is 9.18 Å². The van der Waals surface area contributed by atoms with Gasteiger partial charge >= 0.3 is 0 Å². The summed E-state index contributed by atoms with van der Waals surface area (Å²) in [6, 6.07) is 4.07. The van der Waals surface area contributed by atoms with Gasteiger partial charge in [-0.1, -0.05) is 48.0 Å². The number of aromatic nitrogens is 2. The Labute approximate surface area is 153 Å². The fourth-order valence-electron chi connectivity index (χ4n) is 1.72. The van der Waals surface area contributed by atoms with Gasteiger partial charge in [-0.05, 0) is 31.5 Å². The first-order valence-electron chi connectivity index (χ1n) is 7.49. The predicted octanol–water partition coefficient (Wildman–Crippen LogP) is 4.66. The molecule has 2 aromatic rings. The van der Waals surface area contributed by atoms with E-state index in [1.54, 1.807) is 6.92 Å². The van der Waals surface area contributed by atoms with Gasteiger partial charge in [0.05, 0.1) is 10.3 Å². The summed E-state index contributed by atoms with van der Waals surface area (Å²) >= 11 is 8.45. The smallest absolute Gasteiger partial charge is 0.237 e. The number of carbonyl (C=O) groups is 1. The Balaban J connectivity index is 1.88. The summed E-state index contributed by atoms with van der Waals surface area (Å²) in [6.07, 6.45) is 2.18. The first kappa shape index (κ1) is 19.0. The van der Waals surface area contributed by atoms with Crippen molar-refractivity contribution in [2.75, 3.05) is 17.2 Å². The van der Waals surface area contributed by atoms with Crippen molar-refractivity contribution in [1.29, 1.82) is 0 Å². The topological polar surface area (TPSA) is 66.9 Å². The van der Waals surface area contributed by atoms with E-state index >= 15 is 0 Å². The number of thioether (sulfide) groups is 1. The molecule has 0 aliphatic rings. The molecule has 130 valence electrons. The number of hydrogen-bond donors (Lipinski definition) is 2. The molecule has 0 unspecified atom stereocenters. The van der Waals surface area contributed by atoms with Crippen LogP contribution in [0.25, 0.3) is 0 Å². The van der Waals surface area contributed by atoms with Gasteiger partial charge in [-0.15, -0.1) is 10.2 Å². The van der Waals surface area contributed by atoms with Crippen LogP contribution >= 0.6 is 34.7 Å². The largest absolute Gasteiger partial charge is 0.360 e. The fourth-order valence-corrected chi connectivity index (χ4v) is 3.83. The third-order valence-corrected chi connectivity index (χ3v) is 5.40. The van der Waals surface area contributed by atoms with E-state index in [2.05, 4.69) is 27.8 Å². The second-order valence-electron chi connectivity index (χ2n) is 5.03. The van der Waals surface area contributed by atoms with Crippen LogP contribution in [0.4, 0.5) is 15.2 Å².